The highest BCUT2D eigenvalue weighted by molar-refractivity contribution is 7.04. The van der Waals surface area contributed by atoms with Crippen LogP contribution in [0.15, 0.2) is 47.8 Å². The van der Waals surface area contributed by atoms with E-state index in [1.807, 2.05) is 38.1 Å². The minimum Gasteiger partial charge on any atom is -0.313 e. The Morgan fingerprint density at radius 2 is 1.96 bits per heavy atom. The maximum absolute atomic E-state index is 12.1. The van der Waals surface area contributed by atoms with E-state index in [0.717, 1.165) is 40.2 Å². The van der Waals surface area contributed by atoms with E-state index in [4.69, 9.17) is 16.4 Å². The van der Waals surface area contributed by atoms with E-state index in [0.29, 0.717) is 5.56 Å². The van der Waals surface area contributed by atoms with Crippen LogP contribution in [0.5, 0.6) is 0 Å². The van der Waals surface area contributed by atoms with Crippen LogP contribution in [-0.4, -0.2) is 17.4 Å². The highest BCUT2D eigenvalue weighted by Gasteiger charge is 2.23. The SMILES string of the molecule is CC.CCCc1cccc(C(c2cccc(C(=O)NOC)c2)c2cs[nH]2)c1Cl. The largest absolute Gasteiger partial charge is 0.313 e. The summed E-state index contributed by atoms with van der Waals surface area (Å²) in [6.45, 7) is 6.14. The molecule has 0 bridgehead atoms. The van der Waals surface area contributed by atoms with Crippen LogP contribution < -0.4 is 5.48 Å². The van der Waals surface area contributed by atoms with Crippen LogP contribution in [0.4, 0.5) is 0 Å². The van der Waals surface area contributed by atoms with Crippen LogP contribution >= 0.6 is 23.1 Å². The zero-order chi connectivity index (χ0) is 20.5. The molecule has 0 aliphatic carbocycles. The Kier molecular flexibility index (Phi) is 8.77. The zero-order valence-electron chi connectivity index (χ0n) is 16.7. The van der Waals surface area contributed by atoms with Gasteiger partial charge in [0.1, 0.15) is 0 Å². The molecule has 150 valence electrons. The second-order valence-electron chi connectivity index (χ2n) is 6.06. The van der Waals surface area contributed by atoms with E-state index >= 15 is 0 Å². The minimum absolute atomic E-state index is 0.0455. The van der Waals surface area contributed by atoms with Gasteiger partial charge in [-0.15, -0.1) is 0 Å². The molecule has 3 rings (SSSR count). The Labute approximate surface area is 176 Å². The van der Waals surface area contributed by atoms with E-state index in [-0.39, 0.29) is 11.8 Å². The Bertz CT molecular complexity index is 879. The van der Waals surface area contributed by atoms with Gasteiger partial charge >= 0.3 is 0 Å². The number of H-pyrrole nitrogens is 1. The molecule has 0 radical (unpaired) electrons. The molecule has 3 aromatic rings. The number of aryl methyl sites for hydroxylation is 1. The van der Waals surface area contributed by atoms with Crippen molar-refractivity contribution in [3.63, 3.8) is 0 Å². The van der Waals surface area contributed by atoms with Crippen LogP contribution in [0.1, 0.15) is 65.9 Å². The number of halogens is 1. The van der Waals surface area contributed by atoms with E-state index in [9.17, 15) is 4.79 Å². The fourth-order valence-corrected chi connectivity index (χ4v) is 3.91. The summed E-state index contributed by atoms with van der Waals surface area (Å²) in [5, 5.41) is 2.88. The van der Waals surface area contributed by atoms with Crippen molar-refractivity contribution in [3.05, 3.63) is 80.8 Å². The summed E-state index contributed by atoms with van der Waals surface area (Å²) in [6, 6.07) is 13.7. The highest BCUT2D eigenvalue weighted by atomic mass is 35.5. The number of aromatic amines is 1. The molecular weight excluding hydrogens is 392 g/mol. The molecule has 1 amide bonds. The lowest BCUT2D eigenvalue weighted by Crippen LogP contribution is -2.22. The summed E-state index contributed by atoms with van der Waals surface area (Å²) in [4.78, 5) is 16.9. The van der Waals surface area contributed by atoms with Crippen LogP contribution in [0.3, 0.4) is 0 Å². The van der Waals surface area contributed by atoms with Crippen molar-refractivity contribution in [2.45, 2.75) is 39.5 Å². The number of hydroxylamine groups is 1. The van der Waals surface area contributed by atoms with Crippen molar-refractivity contribution in [1.82, 2.24) is 9.85 Å². The molecule has 6 heteroatoms. The molecule has 1 heterocycles. The average Bonchev–Trinajstić information content (AvgIpc) is 2.68. The van der Waals surface area contributed by atoms with Gasteiger partial charge in [0.2, 0.25) is 0 Å². The molecule has 4 nitrogen and oxygen atoms in total. The van der Waals surface area contributed by atoms with Crippen LogP contribution in [-0.2, 0) is 11.3 Å². The molecule has 28 heavy (non-hydrogen) atoms. The van der Waals surface area contributed by atoms with Gasteiger partial charge < -0.3 is 4.37 Å². The third kappa shape index (κ3) is 5.04. The Balaban J connectivity index is 0.00000136. The van der Waals surface area contributed by atoms with Crippen LogP contribution in [0, 0.1) is 0 Å². The number of hydrogen-bond acceptors (Lipinski definition) is 3. The fourth-order valence-electron chi connectivity index (χ4n) is 3.08. The minimum atomic E-state index is -0.274. The van der Waals surface area contributed by atoms with Gasteiger partial charge in [0.25, 0.3) is 5.91 Å². The van der Waals surface area contributed by atoms with Crippen molar-refractivity contribution in [1.29, 1.82) is 0 Å². The van der Waals surface area contributed by atoms with E-state index < -0.39 is 0 Å². The number of amides is 1. The first-order chi connectivity index (χ1) is 13.7. The third-order valence-corrected chi connectivity index (χ3v) is 5.48. The number of aromatic nitrogens is 1. The molecule has 0 saturated heterocycles. The van der Waals surface area contributed by atoms with Gasteiger partial charge in [-0.05, 0) is 35.2 Å². The number of hydrogen-bond donors (Lipinski definition) is 2. The normalized spacial score (nSPS) is 11.5. The topological polar surface area (TPSA) is 54.1 Å². The van der Waals surface area contributed by atoms with Crippen molar-refractivity contribution in [3.8, 4) is 0 Å². The van der Waals surface area contributed by atoms with Gasteiger partial charge in [0.05, 0.1) is 13.0 Å². The van der Waals surface area contributed by atoms with Crippen molar-refractivity contribution >= 4 is 29.0 Å². The molecular formula is C22H27ClN2O2S. The highest BCUT2D eigenvalue weighted by Crippen LogP contribution is 2.38. The number of rotatable bonds is 7. The fraction of sp³-hybridized carbons (Fsp3) is 0.318. The van der Waals surface area contributed by atoms with Gasteiger partial charge in [-0.2, -0.15) is 0 Å². The first kappa shape index (κ1) is 22.2. The first-order valence-corrected chi connectivity index (χ1v) is 10.7. The molecule has 0 fully saturated rings. The lowest BCUT2D eigenvalue weighted by molar-refractivity contribution is 0.0537. The van der Waals surface area contributed by atoms with E-state index in [2.05, 4.69) is 34.3 Å². The van der Waals surface area contributed by atoms with Gasteiger partial charge in [-0.3, -0.25) is 9.63 Å². The molecule has 0 aliphatic heterocycles. The monoisotopic (exact) mass is 418 g/mol. The standard InChI is InChI=1S/C20H21ClN2O2S.C2H6/c1-3-6-13-7-5-10-16(19(13)21)18(17-12-26-23-17)14-8-4-9-15(11-14)20(24)22-25-2;1-2/h4-5,7-12,18,23H,3,6H2,1-2H3,(H,22,24);1-2H3. The number of nitrogens with one attached hydrogen (secondary N) is 2. The molecule has 1 aromatic heterocycles. The molecule has 1 atom stereocenters. The number of benzene rings is 2. The lowest BCUT2D eigenvalue weighted by atomic mass is 9.87. The Morgan fingerprint density at radius 1 is 1.25 bits per heavy atom. The van der Waals surface area contributed by atoms with Crippen LogP contribution in [0.2, 0.25) is 5.02 Å². The molecule has 0 aliphatic rings. The predicted molar refractivity (Wildman–Crippen MR) is 117 cm³/mol. The van der Waals surface area contributed by atoms with Crippen molar-refractivity contribution in [2.24, 2.45) is 0 Å². The first-order valence-electron chi connectivity index (χ1n) is 9.48. The Morgan fingerprint density at radius 3 is 2.57 bits per heavy atom. The summed E-state index contributed by atoms with van der Waals surface area (Å²) < 4.78 is 3.29. The maximum Gasteiger partial charge on any atom is 0.274 e. The molecule has 1 unspecified atom stereocenters. The van der Waals surface area contributed by atoms with Crippen LogP contribution in [0.25, 0.3) is 0 Å². The molecule has 0 spiro atoms. The van der Waals surface area contributed by atoms with E-state index in [1.54, 1.807) is 17.6 Å². The maximum atomic E-state index is 12.1. The molecule has 2 N–H and O–H groups in total. The smallest absolute Gasteiger partial charge is 0.274 e. The van der Waals surface area contributed by atoms with Gasteiger partial charge in [-0.25, -0.2) is 5.48 Å². The Hall–Kier alpha value is -2.08. The second kappa shape index (κ2) is 11.1. The molecule has 2 aromatic carbocycles. The number of carbonyl (C=O) groups excluding carboxylic acids is 1. The predicted octanol–water partition coefficient (Wildman–Crippen LogP) is 6.18. The second-order valence-corrected chi connectivity index (χ2v) is 7.11. The van der Waals surface area contributed by atoms with Crippen molar-refractivity contribution < 1.29 is 9.63 Å². The van der Waals surface area contributed by atoms with Gasteiger partial charge in [0, 0.05) is 21.7 Å². The van der Waals surface area contributed by atoms with Crippen molar-refractivity contribution in [2.75, 3.05) is 7.11 Å². The molecule has 0 saturated carbocycles. The number of carbonyl (C=O) groups is 1. The average molecular weight is 419 g/mol. The summed E-state index contributed by atoms with van der Waals surface area (Å²) >= 11 is 8.30. The van der Waals surface area contributed by atoms with Gasteiger partial charge in [-0.1, -0.05) is 80.7 Å². The van der Waals surface area contributed by atoms with Gasteiger partial charge in [0.15, 0.2) is 0 Å². The summed E-state index contributed by atoms with van der Waals surface area (Å²) in [7, 11) is 1.42. The quantitative estimate of drug-likeness (QED) is 0.450. The third-order valence-electron chi connectivity index (χ3n) is 4.29. The zero-order valence-corrected chi connectivity index (χ0v) is 18.3. The summed E-state index contributed by atoms with van der Waals surface area (Å²) in [6.07, 6.45) is 1.98. The summed E-state index contributed by atoms with van der Waals surface area (Å²) in [5.74, 6) is -0.320. The lowest BCUT2D eigenvalue weighted by Gasteiger charge is -2.22. The summed E-state index contributed by atoms with van der Waals surface area (Å²) in [5.41, 5.74) is 7.18. The van der Waals surface area contributed by atoms with E-state index in [1.165, 1.54) is 7.11 Å².